The Kier molecular flexibility index (Phi) is 3.84. The fourth-order valence-corrected chi connectivity index (χ4v) is 1.91. The highest BCUT2D eigenvalue weighted by atomic mass is 32.2. The van der Waals surface area contributed by atoms with E-state index in [4.69, 9.17) is 10.5 Å². The molecule has 0 saturated heterocycles. The van der Waals surface area contributed by atoms with E-state index in [-0.39, 0.29) is 0 Å². The summed E-state index contributed by atoms with van der Waals surface area (Å²) in [5, 5.41) is 1.32. The van der Waals surface area contributed by atoms with Crippen molar-refractivity contribution < 1.29 is 4.74 Å². The zero-order valence-corrected chi connectivity index (χ0v) is 10.0. The van der Waals surface area contributed by atoms with Gasteiger partial charge in [-0.05, 0) is 17.8 Å². The Morgan fingerprint density at radius 1 is 1.29 bits per heavy atom. The number of hydrogen-bond donors (Lipinski definition) is 1. The Bertz CT molecular complexity index is 493. The molecule has 2 N–H and O–H groups in total. The van der Waals surface area contributed by atoms with E-state index in [2.05, 4.69) is 19.9 Å². The summed E-state index contributed by atoms with van der Waals surface area (Å²) in [5.74, 6) is 0.955. The van der Waals surface area contributed by atoms with Crippen molar-refractivity contribution >= 4 is 17.6 Å². The molecule has 2 aromatic heterocycles. The standard InChI is InChI=1S/C10H11N5OS/c1-16-6-8-14-7(11)5-9(15-8)17-10-12-3-2-4-13-10/h2-5H,6H2,1H3,(H2,11,14,15). The summed E-state index contributed by atoms with van der Waals surface area (Å²) in [6.07, 6.45) is 3.35. The molecule has 0 atom stereocenters. The predicted octanol–water partition coefficient (Wildman–Crippen LogP) is 1.15. The molecule has 2 aromatic rings. The number of rotatable bonds is 4. The molecule has 0 fully saturated rings. The largest absolute Gasteiger partial charge is 0.384 e. The molecule has 0 amide bonds. The molecular formula is C10H11N5OS. The van der Waals surface area contributed by atoms with Gasteiger partial charge in [-0.15, -0.1) is 0 Å². The molecule has 0 spiro atoms. The van der Waals surface area contributed by atoms with Crippen LogP contribution < -0.4 is 5.73 Å². The highest BCUT2D eigenvalue weighted by Gasteiger charge is 2.05. The fraction of sp³-hybridized carbons (Fsp3) is 0.200. The highest BCUT2D eigenvalue weighted by Crippen LogP contribution is 2.23. The lowest BCUT2D eigenvalue weighted by Gasteiger charge is -2.03. The first-order valence-electron chi connectivity index (χ1n) is 4.85. The number of nitrogens with zero attached hydrogens (tertiary/aromatic N) is 4. The SMILES string of the molecule is COCc1nc(N)cc(Sc2ncccn2)n1. The van der Waals surface area contributed by atoms with Gasteiger partial charge in [0.1, 0.15) is 17.5 Å². The third-order valence-electron chi connectivity index (χ3n) is 1.78. The molecule has 0 unspecified atom stereocenters. The number of nitrogens with two attached hydrogens (primary N) is 1. The topological polar surface area (TPSA) is 86.8 Å². The number of nitrogen functional groups attached to an aromatic ring is 1. The van der Waals surface area contributed by atoms with Crippen molar-refractivity contribution in [3.05, 3.63) is 30.4 Å². The number of methoxy groups -OCH3 is 1. The van der Waals surface area contributed by atoms with Gasteiger partial charge in [0.15, 0.2) is 11.0 Å². The van der Waals surface area contributed by atoms with Crippen LogP contribution in [-0.2, 0) is 11.3 Å². The van der Waals surface area contributed by atoms with Gasteiger partial charge in [-0.25, -0.2) is 19.9 Å². The molecule has 0 aliphatic rings. The Morgan fingerprint density at radius 3 is 2.76 bits per heavy atom. The smallest absolute Gasteiger partial charge is 0.193 e. The minimum absolute atomic E-state index is 0.328. The van der Waals surface area contributed by atoms with E-state index in [9.17, 15) is 0 Å². The lowest BCUT2D eigenvalue weighted by atomic mass is 10.5. The van der Waals surface area contributed by atoms with Crippen LogP contribution in [0, 0.1) is 0 Å². The van der Waals surface area contributed by atoms with Crippen molar-refractivity contribution in [1.82, 2.24) is 19.9 Å². The molecule has 0 aromatic carbocycles. The molecule has 2 heterocycles. The van der Waals surface area contributed by atoms with Crippen LogP contribution >= 0.6 is 11.8 Å². The molecule has 2 rings (SSSR count). The van der Waals surface area contributed by atoms with Crippen molar-refractivity contribution in [2.45, 2.75) is 16.8 Å². The van der Waals surface area contributed by atoms with Crippen molar-refractivity contribution in [3.8, 4) is 0 Å². The molecule has 88 valence electrons. The molecule has 0 bridgehead atoms. The van der Waals surface area contributed by atoms with Gasteiger partial charge in [-0.2, -0.15) is 0 Å². The second kappa shape index (κ2) is 5.55. The van der Waals surface area contributed by atoms with E-state index in [1.807, 2.05) is 0 Å². The third kappa shape index (κ3) is 3.36. The quantitative estimate of drug-likeness (QED) is 0.642. The van der Waals surface area contributed by atoms with Crippen LogP contribution in [0.3, 0.4) is 0 Å². The molecule has 0 radical (unpaired) electrons. The minimum atomic E-state index is 0.328. The summed E-state index contributed by atoms with van der Waals surface area (Å²) in [7, 11) is 1.58. The zero-order chi connectivity index (χ0) is 12.1. The van der Waals surface area contributed by atoms with Crippen molar-refractivity contribution in [1.29, 1.82) is 0 Å². The molecule has 7 heteroatoms. The lowest BCUT2D eigenvalue weighted by Crippen LogP contribution is -2.02. The van der Waals surface area contributed by atoms with E-state index in [0.717, 1.165) is 0 Å². The number of hydrogen-bond acceptors (Lipinski definition) is 7. The zero-order valence-electron chi connectivity index (χ0n) is 9.20. The lowest BCUT2D eigenvalue weighted by molar-refractivity contribution is 0.177. The normalized spacial score (nSPS) is 10.4. The second-order valence-electron chi connectivity index (χ2n) is 3.11. The van der Waals surface area contributed by atoms with Crippen LogP contribution in [-0.4, -0.2) is 27.0 Å². The Balaban J connectivity index is 2.21. The summed E-state index contributed by atoms with van der Waals surface area (Å²) in [6.45, 7) is 0.328. The maximum absolute atomic E-state index is 5.68. The number of aromatic nitrogens is 4. The van der Waals surface area contributed by atoms with Gasteiger partial charge < -0.3 is 10.5 Å². The first-order valence-corrected chi connectivity index (χ1v) is 5.67. The van der Waals surface area contributed by atoms with Crippen LogP contribution in [0.5, 0.6) is 0 Å². The maximum atomic E-state index is 5.68. The van der Waals surface area contributed by atoms with Gasteiger partial charge in [0.05, 0.1) is 0 Å². The van der Waals surface area contributed by atoms with Crippen LogP contribution in [0.1, 0.15) is 5.82 Å². The van der Waals surface area contributed by atoms with Gasteiger partial charge in [0.2, 0.25) is 0 Å². The Hall–Kier alpha value is -1.73. The fourth-order valence-electron chi connectivity index (χ4n) is 1.17. The Labute approximate surface area is 103 Å². The molecule has 0 saturated carbocycles. The third-order valence-corrected chi connectivity index (χ3v) is 2.59. The van der Waals surface area contributed by atoms with Gasteiger partial charge in [-0.1, -0.05) is 0 Å². The molecular weight excluding hydrogens is 238 g/mol. The molecule has 17 heavy (non-hydrogen) atoms. The van der Waals surface area contributed by atoms with E-state index in [1.54, 1.807) is 31.6 Å². The molecule has 0 aliphatic heterocycles. The first-order chi connectivity index (χ1) is 8.28. The van der Waals surface area contributed by atoms with Crippen molar-refractivity contribution in [3.63, 3.8) is 0 Å². The van der Waals surface area contributed by atoms with Crippen LogP contribution in [0.25, 0.3) is 0 Å². The molecule has 6 nitrogen and oxygen atoms in total. The maximum Gasteiger partial charge on any atom is 0.193 e. The predicted molar refractivity (Wildman–Crippen MR) is 63.3 cm³/mol. The monoisotopic (exact) mass is 249 g/mol. The number of anilines is 1. The van der Waals surface area contributed by atoms with Crippen LogP contribution in [0.2, 0.25) is 0 Å². The van der Waals surface area contributed by atoms with E-state index >= 15 is 0 Å². The number of ether oxygens (including phenoxy) is 1. The van der Waals surface area contributed by atoms with E-state index in [1.165, 1.54) is 11.8 Å². The highest BCUT2D eigenvalue weighted by molar-refractivity contribution is 7.99. The van der Waals surface area contributed by atoms with Gasteiger partial charge in [-0.3, -0.25) is 0 Å². The van der Waals surface area contributed by atoms with Gasteiger partial charge in [0.25, 0.3) is 0 Å². The average Bonchev–Trinajstić information content (AvgIpc) is 2.30. The summed E-state index contributed by atoms with van der Waals surface area (Å²) >= 11 is 1.33. The average molecular weight is 249 g/mol. The molecule has 0 aliphatic carbocycles. The van der Waals surface area contributed by atoms with E-state index in [0.29, 0.717) is 28.4 Å². The summed E-state index contributed by atoms with van der Waals surface area (Å²) in [6, 6.07) is 3.44. The van der Waals surface area contributed by atoms with Crippen LogP contribution in [0.4, 0.5) is 5.82 Å². The Morgan fingerprint density at radius 2 is 2.06 bits per heavy atom. The van der Waals surface area contributed by atoms with Crippen LogP contribution in [0.15, 0.2) is 34.7 Å². The van der Waals surface area contributed by atoms with Gasteiger partial charge in [0, 0.05) is 25.6 Å². The van der Waals surface area contributed by atoms with Gasteiger partial charge >= 0.3 is 0 Å². The van der Waals surface area contributed by atoms with E-state index < -0.39 is 0 Å². The van der Waals surface area contributed by atoms with Crippen molar-refractivity contribution in [2.24, 2.45) is 0 Å². The van der Waals surface area contributed by atoms with Crippen molar-refractivity contribution in [2.75, 3.05) is 12.8 Å². The second-order valence-corrected chi connectivity index (χ2v) is 4.10. The summed E-state index contributed by atoms with van der Waals surface area (Å²) < 4.78 is 4.97. The summed E-state index contributed by atoms with van der Waals surface area (Å²) in [4.78, 5) is 16.5. The minimum Gasteiger partial charge on any atom is -0.384 e. The first kappa shape index (κ1) is 11.7. The summed E-state index contributed by atoms with van der Waals surface area (Å²) in [5.41, 5.74) is 5.68.